The SMILES string of the molecule is O=c1cc(CN2CCOCC2)nc2nc(-c3cccs3)[nH]n12. The van der Waals surface area contributed by atoms with Crippen molar-refractivity contribution in [1.29, 1.82) is 0 Å². The van der Waals surface area contributed by atoms with Crippen LogP contribution in [0.2, 0.25) is 0 Å². The van der Waals surface area contributed by atoms with Crippen LogP contribution >= 0.6 is 11.3 Å². The maximum Gasteiger partial charge on any atom is 0.274 e. The standard InChI is InChI=1S/C14H15N5O2S/c20-12-8-10(9-18-3-5-21-6-4-18)15-14-16-13(17-19(12)14)11-2-1-7-22-11/h1-2,7-8H,3-6,9H2,(H,15,16,17). The van der Waals surface area contributed by atoms with Crippen LogP contribution in [0.5, 0.6) is 0 Å². The molecule has 8 heteroatoms. The Bertz CT molecular complexity index is 833. The molecule has 4 rings (SSSR count). The van der Waals surface area contributed by atoms with Gasteiger partial charge in [-0.3, -0.25) is 14.8 Å². The monoisotopic (exact) mass is 317 g/mol. The third-order valence-corrected chi connectivity index (χ3v) is 4.50. The molecule has 3 aromatic rings. The van der Waals surface area contributed by atoms with Crippen LogP contribution in [-0.2, 0) is 11.3 Å². The van der Waals surface area contributed by atoms with E-state index < -0.39 is 0 Å². The topological polar surface area (TPSA) is 75.5 Å². The summed E-state index contributed by atoms with van der Waals surface area (Å²) in [5.41, 5.74) is 0.611. The number of H-pyrrole nitrogens is 1. The fourth-order valence-corrected chi connectivity index (χ4v) is 3.18. The first-order valence-electron chi connectivity index (χ1n) is 7.12. The molecular weight excluding hydrogens is 302 g/mol. The van der Waals surface area contributed by atoms with Gasteiger partial charge in [-0.1, -0.05) is 6.07 Å². The highest BCUT2D eigenvalue weighted by Crippen LogP contribution is 2.20. The highest BCUT2D eigenvalue weighted by molar-refractivity contribution is 7.13. The first-order chi connectivity index (χ1) is 10.8. The number of rotatable bonds is 3. The quantitative estimate of drug-likeness (QED) is 0.779. The zero-order valence-corrected chi connectivity index (χ0v) is 12.7. The highest BCUT2D eigenvalue weighted by atomic mass is 32.1. The van der Waals surface area contributed by atoms with Crippen LogP contribution in [0.3, 0.4) is 0 Å². The summed E-state index contributed by atoms with van der Waals surface area (Å²) in [6, 6.07) is 5.48. The van der Waals surface area contributed by atoms with Gasteiger partial charge in [0.25, 0.3) is 11.3 Å². The van der Waals surface area contributed by atoms with Gasteiger partial charge in [-0.2, -0.15) is 9.50 Å². The van der Waals surface area contributed by atoms with Crippen molar-refractivity contribution in [2.45, 2.75) is 6.54 Å². The van der Waals surface area contributed by atoms with Crippen LogP contribution in [-0.4, -0.2) is 50.8 Å². The molecule has 0 unspecified atom stereocenters. The minimum atomic E-state index is -0.136. The predicted molar refractivity (Wildman–Crippen MR) is 83.0 cm³/mol. The minimum absolute atomic E-state index is 0.136. The van der Waals surface area contributed by atoms with Gasteiger partial charge in [-0.05, 0) is 11.4 Å². The smallest absolute Gasteiger partial charge is 0.274 e. The highest BCUT2D eigenvalue weighted by Gasteiger charge is 2.14. The number of hydrogen-bond donors (Lipinski definition) is 1. The van der Waals surface area contributed by atoms with Crippen molar-refractivity contribution in [2.75, 3.05) is 26.3 Å². The molecule has 1 saturated heterocycles. The molecule has 1 fully saturated rings. The number of nitrogens with one attached hydrogen (secondary N) is 1. The number of aromatic amines is 1. The number of fused-ring (bicyclic) bond motifs is 1. The van der Waals surface area contributed by atoms with Gasteiger partial charge in [0, 0.05) is 25.7 Å². The molecule has 0 radical (unpaired) electrons. The van der Waals surface area contributed by atoms with Gasteiger partial charge in [0.15, 0.2) is 5.82 Å². The Labute approximate surface area is 130 Å². The van der Waals surface area contributed by atoms with Crippen LogP contribution in [0.25, 0.3) is 16.5 Å². The van der Waals surface area contributed by atoms with E-state index in [1.807, 2.05) is 17.5 Å². The number of thiophene rings is 1. The molecule has 0 aromatic carbocycles. The van der Waals surface area contributed by atoms with E-state index in [1.165, 1.54) is 4.52 Å². The average molecular weight is 317 g/mol. The van der Waals surface area contributed by atoms with Gasteiger partial charge in [-0.25, -0.2) is 4.98 Å². The van der Waals surface area contributed by atoms with Gasteiger partial charge < -0.3 is 4.74 Å². The van der Waals surface area contributed by atoms with Crippen LogP contribution in [0, 0.1) is 0 Å². The molecule has 0 amide bonds. The summed E-state index contributed by atoms with van der Waals surface area (Å²) in [6.07, 6.45) is 0. The number of morpholine rings is 1. The zero-order chi connectivity index (χ0) is 14.9. The molecular formula is C14H15N5O2S. The van der Waals surface area contributed by atoms with E-state index in [9.17, 15) is 4.79 Å². The van der Waals surface area contributed by atoms with E-state index in [2.05, 4.69) is 20.0 Å². The lowest BCUT2D eigenvalue weighted by Crippen LogP contribution is -2.36. The summed E-state index contributed by atoms with van der Waals surface area (Å²) in [6.45, 7) is 3.83. The molecule has 0 bridgehead atoms. The van der Waals surface area contributed by atoms with Crippen LogP contribution in [0.15, 0.2) is 28.4 Å². The fourth-order valence-electron chi connectivity index (χ4n) is 2.52. The lowest BCUT2D eigenvalue weighted by molar-refractivity contribution is 0.0336. The van der Waals surface area contributed by atoms with Gasteiger partial charge in [0.2, 0.25) is 0 Å². The molecule has 0 atom stereocenters. The third-order valence-electron chi connectivity index (χ3n) is 3.63. The molecule has 1 aliphatic rings. The van der Waals surface area contributed by atoms with E-state index in [0.717, 1.165) is 36.9 Å². The normalized spacial score (nSPS) is 16.4. The van der Waals surface area contributed by atoms with Crippen LogP contribution in [0.4, 0.5) is 0 Å². The molecule has 22 heavy (non-hydrogen) atoms. The summed E-state index contributed by atoms with van der Waals surface area (Å²) < 4.78 is 6.72. The van der Waals surface area contributed by atoms with E-state index in [4.69, 9.17) is 4.74 Å². The van der Waals surface area contributed by atoms with Crippen molar-refractivity contribution in [3.8, 4) is 10.7 Å². The lowest BCUT2D eigenvalue weighted by atomic mass is 10.3. The second-order valence-corrected chi connectivity index (χ2v) is 6.11. The van der Waals surface area contributed by atoms with Crippen molar-refractivity contribution in [2.24, 2.45) is 0 Å². The summed E-state index contributed by atoms with van der Waals surface area (Å²) in [5.74, 6) is 1.09. The van der Waals surface area contributed by atoms with Crippen molar-refractivity contribution in [1.82, 2.24) is 24.5 Å². The Morgan fingerprint density at radius 1 is 1.32 bits per heavy atom. The molecule has 3 aromatic heterocycles. The second-order valence-electron chi connectivity index (χ2n) is 5.16. The minimum Gasteiger partial charge on any atom is -0.379 e. The average Bonchev–Trinajstić information content (AvgIpc) is 3.17. The molecule has 114 valence electrons. The Hall–Kier alpha value is -2.03. The molecule has 0 spiro atoms. The van der Waals surface area contributed by atoms with E-state index in [-0.39, 0.29) is 5.56 Å². The summed E-state index contributed by atoms with van der Waals surface area (Å²) in [7, 11) is 0. The maximum atomic E-state index is 12.2. The van der Waals surface area contributed by atoms with E-state index >= 15 is 0 Å². The first-order valence-corrected chi connectivity index (χ1v) is 8.00. The molecule has 1 aliphatic heterocycles. The van der Waals surface area contributed by atoms with Crippen LogP contribution < -0.4 is 5.56 Å². The maximum absolute atomic E-state index is 12.2. The van der Waals surface area contributed by atoms with Gasteiger partial charge in [0.1, 0.15) is 0 Å². The summed E-state index contributed by atoms with van der Waals surface area (Å²) in [5, 5.41) is 4.98. The Morgan fingerprint density at radius 2 is 2.18 bits per heavy atom. The fraction of sp³-hybridized carbons (Fsp3) is 0.357. The van der Waals surface area contributed by atoms with E-state index in [0.29, 0.717) is 18.1 Å². The second kappa shape index (κ2) is 5.64. The Morgan fingerprint density at radius 3 is 2.95 bits per heavy atom. The largest absolute Gasteiger partial charge is 0.379 e. The predicted octanol–water partition coefficient (Wildman–Crippen LogP) is 0.978. The van der Waals surface area contributed by atoms with Crippen molar-refractivity contribution >= 4 is 17.1 Å². The van der Waals surface area contributed by atoms with Crippen molar-refractivity contribution < 1.29 is 4.74 Å². The number of aromatic nitrogens is 4. The Balaban J connectivity index is 1.68. The third kappa shape index (κ3) is 2.56. The van der Waals surface area contributed by atoms with Gasteiger partial charge in [-0.15, -0.1) is 11.3 Å². The Kier molecular flexibility index (Phi) is 3.49. The van der Waals surface area contributed by atoms with Crippen molar-refractivity contribution in [3.05, 3.63) is 39.6 Å². The molecule has 1 N–H and O–H groups in total. The number of hydrogen-bond acceptors (Lipinski definition) is 6. The van der Waals surface area contributed by atoms with Gasteiger partial charge in [0.05, 0.1) is 23.8 Å². The van der Waals surface area contributed by atoms with Gasteiger partial charge >= 0.3 is 0 Å². The molecule has 4 heterocycles. The number of nitrogens with zero attached hydrogens (tertiary/aromatic N) is 4. The molecule has 7 nitrogen and oxygen atoms in total. The molecule has 0 saturated carbocycles. The van der Waals surface area contributed by atoms with Crippen LogP contribution in [0.1, 0.15) is 5.69 Å². The first kappa shape index (κ1) is 13.6. The number of ether oxygens (including phenoxy) is 1. The summed E-state index contributed by atoms with van der Waals surface area (Å²) in [4.78, 5) is 24.4. The van der Waals surface area contributed by atoms with E-state index in [1.54, 1.807) is 17.4 Å². The molecule has 0 aliphatic carbocycles. The zero-order valence-electron chi connectivity index (χ0n) is 11.9. The summed E-state index contributed by atoms with van der Waals surface area (Å²) >= 11 is 1.57. The lowest BCUT2D eigenvalue weighted by Gasteiger charge is -2.25. The van der Waals surface area contributed by atoms with Crippen molar-refractivity contribution in [3.63, 3.8) is 0 Å².